The number of phenolic OH excluding ortho intramolecular Hbond substituents is 1. The fourth-order valence-corrected chi connectivity index (χ4v) is 3.44. The van der Waals surface area contributed by atoms with Crippen molar-refractivity contribution in [3.8, 4) is 23.0 Å². The van der Waals surface area contributed by atoms with Gasteiger partial charge in [-0.15, -0.1) is 0 Å². The number of aromatic hydroxyl groups is 1. The van der Waals surface area contributed by atoms with E-state index >= 15 is 0 Å². The molecule has 4 rings (SSSR count). The van der Waals surface area contributed by atoms with Gasteiger partial charge >= 0.3 is 0 Å². The standard InChI is InChI=1S/C20H24N2O4/c1-24-17-4-2-15(3-5-17)12-21-6-8-22(9-7-21)13-16-10-19-20(11-18(16)23)26-14-25-19/h2-5,10-11,23H,6-9,12-14H2,1H3. The smallest absolute Gasteiger partial charge is 0.231 e. The molecule has 1 saturated heterocycles. The molecular weight excluding hydrogens is 332 g/mol. The zero-order chi connectivity index (χ0) is 17.9. The van der Waals surface area contributed by atoms with Crippen molar-refractivity contribution in [2.24, 2.45) is 0 Å². The SMILES string of the molecule is COc1ccc(CN2CCN(Cc3cc4c(cc3O)OCO4)CC2)cc1. The highest BCUT2D eigenvalue weighted by atomic mass is 16.7. The van der Waals surface area contributed by atoms with Crippen molar-refractivity contribution in [2.45, 2.75) is 13.1 Å². The first kappa shape index (κ1) is 17.0. The largest absolute Gasteiger partial charge is 0.507 e. The van der Waals surface area contributed by atoms with Crippen LogP contribution in [0.2, 0.25) is 0 Å². The van der Waals surface area contributed by atoms with Crippen molar-refractivity contribution in [2.75, 3.05) is 40.1 Å². The summed E-state index contributed by atoms with van der Waals surface area (Å²) in [7, 11) is 1.69. The Labute approximate surface area is 153 Å². The summed E-state index contributed by atoms with van der Waals surface area (Å²) in [6, 6.07) is 11.8. The van der Waals surface area contributed by atoms with Crippen molar-refractivity contribution < 1.29 is 19.3 Å². The Kier molecular flexibility index (Phi) is 4.86. The Morgan fingerprint density at radius 2 is 1.54 bits per heavy atom. The van der Waals surface area contributed by atoms with Gasteiger partial charge < -0.3 is 19.3 Å². The summed E-state index contributed by atoms with van der Waals surface area (Å²) in [4.78, 5) is 4.82. The summed E-state index contributed by atoms with van der Waals surface area (Å²) >= 11 is 0. The minimum absolute atomic E-state index is 0.224. The molecule has 0 saturated carbocycles. The molecule has 6 nitrogen and oxygen atoms in total. The first-order chi connectivity index (χ1) is 12.7. The zero-order valence-corrected chi connectivity index (χ0v) is 15.0. The van der Waals surface area contributed by atoms with Crippen molar-refractivity contribution in [3.63, 3.8) is 0 Å². The van der Waals surface area contributed by atoms with Crippen molar-refractivity contribution in [1.29, 1.82) is 0 Å². The summed E-state index contributed by atoms with van der Waals surface area (Å²) in [6.07, 6.45) is 0. The van der Waals surface area contributed by atoms with Crippen LogP contribution in [0.15, 0.2) is 36.4 Å². The summed E-state index contributed by atoms with van der Waals surface area (Å²) < 4.78 is 15.9. The molecule has 0 atom stereocenters. The van der Waals surface area contributed by atoms with Crippen LogP contribution in [0.25, 0.3) is 0 Å². The average Bonchev–Trinajstić information content (AvgIpc) is 3.11. The highest BCUT2D eigenvalue weighted by molar-refractivity contribution is 5.51. The number of methoxy groups -OCH3 is 1. The lowest BCUT2D eigenvalue weighted by atomic mass is 10.1. The zero-order valence-electron chi connectivity index (χ0n) is 15.0. The lowest BCUT2D eigenvalue weighted by molar-refractivity contribution is 0.121. The van der Waals surface area contributed by atoms with Crippen LogP contribution in [0.4, 0.5) is 0 Å². The van der Waals surface area contributed by atoms with Gasteiger partial charge in [-0.05, 0) is 23.8 Å². The molecule has 0 radical (unpaired) electrons. The normalized spacial score (nSPS) is 17.4. The van der Waals surface area contributed by atoms with Gasteiger partial charge in [0.05, 0.1) is 7.11 Å². The predicted octanol–water partition coefficient (Wildman–Crippen LogP) is 2.45. The second-order valence-corrected chi connectivity index (χ2v) is 6.73. The van der Waals surface area contributed by atoms with Gasteiger partial charge in [0.1, 0.15) is 11.5 Å². The maximum atomic E-state index is 10.2. The van der Waals surface area contributed by atoms with Crippen molar-refractivity contribution in [3.05, 3.63) is 47.5 Å². The number of hydrogen-bond acceptors (Lipinski definition) is 6. The summed E-state index contributed by atoms with van der Waals surface area (Å²) in [6.45, 7) is 5.87. The molecule has 2 aliphatic rings. The molecule has 0 bridgehead atoms. The highest BCUT2D eigenvalue weighted by Crippen LogP contribution is 2.38. The Morgan fingerprint density at radius 1 is 0.923 bits per heavy atom. The topological polar surface area (TPSA) is 54.4 Å². The lowest BCUT2D eigenvalue weighted by Crippen LogP contribution is -2.45. The van der Waals surface area contributed by atoms with Gasteiger partial charge in [-0.3, -0.25) is 9.80 Å². The predicted molar refractivity (Wildman–Crippen MR) is 97.8 cm³/mol. The van der Waals surface area contributed by atoms with Gasteiger partial charge in [0.15, 0.2) is 11.5 Å². The first-order valence-electron chi connectivity index (χ1n) is 8.90. The molecule has 2 aromatic carbocycles. The molecule has 2 aromatic rings. The number of rotatable bonds is 5. The number of fused-ring (bicyclic) bond motifs is 1. The maximum Gasteiger partial charge on any atom is 0.231 e. The highest BCUT2D eigenvalue weighted by Gasteiger charge is 2.21. The summed E-state index contributed by atoms with van der Waals surface area (Å²) in [5.74, 6) is 2.50. The van der Waals surface area contributed by atoms with E-state index in [0.29, 0.717) is 5.75 Å². The van der Waals surface area contributed by atoms with Crippen LogP contribution in [0, 0.1) is 0 Å². The minimum Gasteiger partial charge on any atom is -0.507 e. The van der Waals surface area contributed by atoms with Crippen LogP contribution in [0.3, 0.4) is 0 Å². The molecule has 138 valence electrons. The molecule has 0 spiro atoms. The van der Waals surface area contributed by atoms with Gasteiger partial charge in [-0.25, -0.2) is 0 Å². The molecule has 6 heteroatoms. The molecule has 26 heavy (non-hydrogen) atoms. The van der Waals surface area contributed by atoms with Crippen LogP contribution in [-0.2, 0) is 13.1 Å². The van der Waals surface area contributed by atoms with Crippen LogP contribution in [-0.4, -0.2) is 55.0 Å². The third kappa shape index (κ3) is 3.71. The molecule has 2 aliphatic heterocycles. The van der Waals surface area contributed by atoms with E-state index < -0.39 is 0 Å². The molecule has 1 fully saturated rings. The Bertz CT molecular complexity index is 755. The van der Waals surface area contributed by atoms with Gasteiger partial charge in [-0.2, -0.15) is 0 Å². The second kappa shape index (κ2) is 7.43. The quantitative estimate of drug-likeness (QED) is 0.888. The lowest BCUT2D eigenvalue weighted by Gasteiger charge is -2.34. The number of nitrogens with zero attached hydrogens (tertiary/aromatic N) is 2. The number of benzene rings is 2. The minimum atomic E-state index is 0.224. The third-order valence-corrected chi connectivity index (χ3v) is 5.00. The number of phenols is 1. The molecule has 0 aliphatic carbocycles. The van der Waals surface area contributed by atoms with Gasteiger partial charge in [0, 0.05) is 50.9 Å². The van der Waals surface area contributed by atoms with E-state index in [2.05, 4.69) is 21.9 Å². The average molecular weight is 356 g/mol. The van der Waals surface area contributed by atoms with Gasteiger partial charge in [-0.1, -0.05) is 12.1 Å². The summed E-state index contributed by atoms with van der Waals surface area (Å²) in [5, 5.41) is 10.2. The van der Waals surface area contributed by atoms with Crippen LogP contribution in [0.5, 0.6) is 23.0 Å². The van der Waals surface area contributed by atoms with E-state index in [1.807, 2.05) is 18.2 Å². The van der Waals surface area contributed by atoms with E-state index in [0.717, 1.165) is 56.3 Å². The fraction of sp³-hybridized carbons (Fsp3) is 0.400. The third-order valence-electron chi connectivity index (χ3n) is 5.00. The number of piperazine rings is 1. The van der Waals surface area contributed by atoms with Crippen LogP contribution < -0.4 is 14.2 Å². The molecule has 1 N–H and O–H groups in total. The molecule has 0 unspecified atom stereocenters. The fourth-order valence-electron chi connectivity index (χ4n) is 3.44. The Hall–Kier alpha value is -2.44. The van der Waals surface area contributed by atoms with E-state index in [1.165, 1.54) is 5.56 Å². The van der Waals surface area contributed by atoms with Crippen LogP contribution >= 0.6 is 0 Å². The number of hydrogen-bond donors (Lipinski definition) is 1. The number of ether oxygens (including phenoxy) is 3. The monoisotopic (exact) mass is 356 g/mol. The van der Waals surface area contributed by atoms with Gasteiger partial charge in [0.2, 0.25) is 6.79 Å². The van der Waals surface area contributed by atoms with E-state index in [1.54, 1.807) is 13.2 Å². The molecular formula is C20H24N2O4. The first-order valence-corrected chi connectivity index (χ1v) is 8.90. The van der Waals surface area contributed by atoms with E-state index in [9.17, 15) is 5.11 Å². The van der Waals surface area contributed by atoms with Crippen LogP contribution in [0.1, 0.15) is 11.1 Å². The van der Waals surface area contributed by atoms with Crippen molar-refractivity contribution >= 4 is 0 Å². The Balaban J connectivity index is 1.31. The van der Waals surface area contributed by atoms with E-state index in [4.69, 9.17) is 14.2 Å². The van der Waals surface area contributed by atoms with E-state index in [-0.39, 0.29) is 12.5 Å². The molecule has 0 amide bonds. The van der Waals surface area contributed by atoms with Gasteiger partial charge in [0.25, 0.3) is 0 Å². The second-order valence-electron chi connectivity index (χ2n) is 6.73. The maximum absolute atomic E-state index is 10.2. The molecule has 2 heterocycles. The summed E-state index contributed by atoms with van der Waals surface area (Å²) in [5.41, 5.74) is 2.19. The van der Waals surface area contributed by atoms with Crippen molar-refractivity contribution in [1.82, 2.24) is 9.80 Å². The Morgan fingerprint density at radius 3 is 2.19 bits per heavy atom. The molecule has 0 aromatic heterocycles.